The summed E-state index contributed by atoms with van der Waals surface area (Å²) in [5.41, 5.74) is 22.4. The third-order valence-corrected chi connectivity index (χ3v) is 10.2. The first kappa shape index (κ1) is 67.2. The maximum Gasteiger partial charge on any atom is 0.245 e. The maximum atomic E-state index is 12.9. The number of hydrogen-bond acceptors (Lipinski definition) is 19. The molecule has 0 saturated heterocycles. The summed E-state index contributed by atoms with van der Waals surface area (Å²) in [4.78, 5) is 90.6. The number of carbonyl (C=O) groups is 7. The molecule has 0 saturated carbocycles. The predicted octanol–water partition coefficient (Wildman–Crippen LogP) is -4.69. The van der Waals surface area contributed by atoms with Crippen LogP contribution in [0, 0.1) is 0 Å². The van der Waals surface area contributed by atoms with Crippen molar-refractivity contribution in [2.24, 2.45) is 27.9 Å². The largest absolute Gasteiger partial charge is 0.508 e. The Balaban J connectivity index is 1.98. The Morgan fingerprint density at radius 3 is 1.48 bits per heavy atom. The van der Waals surface area contributed by atoms with Gasteiger partial charge in [-0.1, -0.05) is 12.1 Å². The lowest BCUT2D eigenvalue weighted by Gasteiger charge is -2.25. The zero-order valence-corrected chi connectivity index (χ0v) is 43.5. The van der Waals surface area contributed by atoms with E-state index in [1.165, 1.54) is 32.9 Å². The number of aromatic hydroxyl groups is 1. The van der Waals surface area contributed by atoms with Gasteiger partial charge in [-0.15, -0.1) is 0 Å². The minimum Gasteiger partial charge on any atom is -0.508 e. The van der Waals surface area contributed by atoms with Gasteiger partial charge in [-0.2, -0.15) is 0 Å². The number of nitrogens with two attached hydrogens (primary N) is 4. The van der Waals surface area contributed by atoms with Gasteiger partial charge in [0.1, 0.15) is 29.9 Å². The highest BCUT2D eigenvalue weighted by Crippen LogP contribution is 2.11. The van der Waals surface area contributed by atoms with Crippen molar-refractivity contribution in [1.29, 1.82) is 0 Å². The van der Waals surface area contributed by atoms with Crippen LogP contribution in [0.3, 0.4) is 0 Å². The molecule has 0 radical (unpaired) electrons. The van der Waals surface area contributed by atoms with Crippen molar-refractivity contribution >= 4 is 47.3 Å². The van der Waals surface area contributed by atoms with Crippen molar-refractivity contribution in [3.05, 3.63) is 29.8 Å². The molecule has 7 amide bonds. The van der Waals surface area contributed by atoms with Crippen LogP contribution in [-0.4, -0.2) is 219 Å². The number of phenolic OH excluding ortho intramolecular Hbond substituents is 1. The van der Waals surface area contributed by atoms with Crippen LogP contribution in [0.25, 0.3) is 0 Å². The Morgan fingerprint density at radius 2 is 1.00 bits per heavy atom. The molecule has 6 atom stereocenters. The predicted molar refractivity (Wildman–Crippen MR) is 271 cm³/mol. The lowest BCUT2D eigenvalue weighted by molar-refractivity contribution is -0.135. The molecule has 0 fully saturated rings. The lowest BCUT2D eigenvalue weighted by atomic mass is 10.0. The van der Waals surface area contributed by atoms with Gasteiger partial charge in [0.2, 0.25) is 41.4 Å². The molecule has 0 heterocycles. The highest BCUT2D eigenvalue weighted by molar-refractivity contribution is 5.95. The number of primary amides is 1. The highest BCUT2D eigenvalue weighted by Gasteiger charge is 2.30. The number of phenols is 1. The van der Waals surface area contributed by atoms with Crippen molar-refractivity contribution in [2.45, 2.75) is 89.2 Å². The molecule has 0 unspecified atom stereocenters. The second-order valence-electron chi connectivity index (χ2n) is 16.7. The van der Waals surface area contributed by atoms with E-state index in [0.29, 0.717) is 91.3 Å². The van der Waals surface area contributed by atoms with E-state index in [1.807, 2.05) is 0 Å². The van der Waals surface area contributed by atoms with Crippen LogP contribution in [0.1, 0.15) is 52.0 Å². The van der Waals surface area contributed by atoms with Gasteiger partial charge >= 0.3 is 0 Å². The Hall–Kier alpha value is -5.82. The second-order valence-corrected chi connectivity index (χ2v) is 16.7. The molecule has 0 aliphatic rings. The molecular weight excluding hydrogens is 991 g/mol. The minimum absolute atomic E-state index is 0.0247. The van der Waals surface area contributed by atoms with Gasteiger partial charge in [-0.25, -0.2) is 0 Å². The van der Waals surface area contributed by atoms with E-state index in [0.717, 1.165) is 0 Å². The van der Waals surface area contributed by atoms with Gasteiger partial charge in [-0.3, -0.25) is 38.6 Å². The number of aliphatic imine (C=N–C) groups is 1. The second kappa shape index (κ2) is 42.4. The molecular formula is C47H83N11O17. The molecule has 0 aromatic heterocycles. The van der Waals surface area contributed by atoms with E-state index < -0.39 is 71.8 Å². The molecule has 0 bridgehead atoms. The normalized spacial score (nSPS) is 13.5. The number of carbonyl (C=O) groups excluding carboxylic acids is 7. The van der Waals surface area contributed by atoms with Crippen LogP contribution in [0.15, 0.2) is 29.3 Å². The molecule has 0 spiro atoms. The fourth-order valence-electron chi connectivity index (χ4n) is 6.09. The van der Waals surface area contributed by atoms with Crippen LogP contribution in [0.2, 0.25) is 0 Å². The molecule has 16 N–H and O–H groups in total. The zero-order valence-electron chi connectivity index (χ0n) is 43.5. The molecule has 0 aliphatic heterocycles. The third kappa shape index (κ3) is 35.9. The number of rotatable bonds is 46. The summed E-state index contributed by atoms with van der Waals surface area (Å²) in [5.74, 6) is -4.08. The molecule has 28 nitrogen and oxygen atoms in total. The summed E-state index contributed by atoms with van der Waals surface area (Å²) in [5, 5.41) is 34.9. The summed E-state index contributed by atoms with van der Waals surface area (Å²) in [7, 11) is 0. The summed E-state index contributed by atoms with van der Waals surface area (Å²) >= 11 is 0. The molecule has 75 heavy (non-hydrogen) atoms. The smallest absolute Gasteiger partial charge is 0.245 e. The average molecular weight is 1070 g/mol. The topological polar surface area (TPSA) is 422 Å². The van der Waals surface area contributed by atoms with Crippen molar-refractivity contribution in [2.75, 3.05) is 125 Å². The Labute approximate surface area is 438 Å². The monoisotopic (exact) mass is 1070 g/mol. The fourth-order valence-corrected chi connectivity index (χ4v) is 6.09. The number of guanidine groups is 1. The molecule has 428 valence electrons. The van der Waals surface area contributed by atoms with Gasteiger partial charge in [0.25, 0.3) is 0 Å². The van der Waals surface area contributed by atoms with E-state index in [9.17, 15) is 43.8 Å². The molecule has 0 aliphatic carbocycles. The van der Waals surface area contributed by atoms with Crippen molar-refractivity contribution in [3.63, 3.8) is 0 Å². The average Bonchev–Trinajstić information content (AvgIpc) is 3.36. The van der Waals surface area contributed by atoms with Gasteiger partial charge in [-0.05, 0) is 57.7 Å². The van der Waals surface area contributed by atoms with Crippen LogP contribution >= 0.6 is 0 Å². The van der Waals surface area contributed by atoms with Crippen LogP contribution in [0.4, 0.5) is 0 Å². The zero-order chi connectivity index (χ0) is 55.6. The molecule has 1 rings (SSSR count). The number of aliphatic hydroxyl groups excluding tert-OH is 1. The van der Waals surface area contributed by atoms with E-state index in [1.54, 1.807) is 12.1 Å². The number of ether oxygens (including phenoxy) is 8. The Kier molecular flexibility index (Phi) is 38.0. The minimum atomic E-state index is -1.41. The number of benzene rings is 1. The lowest BCUT2D eigenvalue weighted by Crippen LogP contribution is -2.59. The number of nitrogens with zero attached hydrogens (tertiary/aromatic N) is 1. The Bertz CT molecular complexity index is 1810. The quantitative estimate of drug-likeness (QED) is 0.0166. The van der Waals surface area contributed by atoms with E-state index in [4.69, 9.17) is 60.8 Å². The van der Waals surface area contributed by atoms with E-state index in [-0.39, 0.29) is 89.4 Å². The summed E-state index contributed by atoms with van der Waals surface area (Å²) in [6, 6.07) is 0.724. The van der Waals surface area contributed by atoms with Crippen LogP contribution < -0.4 is 54.8 Å². The number of hydrogen-bond donors (Lipinski definition) is 12. The van der Waals surface area contributed by atoms with Crippen molar-refractivity contribution in [3.8, 4) is 5.75 Å². The van der Waals surface area contributed by atoms with Gasteiger partial charge in [0.05, 0.1) is 118 Å². The highest BCUT2D eigenvalue weighted by atomic mass is 16.6. The number of nitrogens with one attached hydrogen (secondary N) is 6. The first-order valence-electron chi connectivity index (χ1n) is 24.8. The number of aliphatic hydroxyl groups is 1. The van der Waals surface area contributed by atoms with Crippen LogP contribution in [0.5, 0.6) is 5.75 Å². The first-order chi connectivity index (χ1) is 35.9. The first-order valence-corrected chi connectivity index (χ1v) is 24.8. The SMILES string of the molecule is C[C@H](NC(=O)[C@H](C)NC(=O)[C@@H](NC(=O)[C@@H](N)Cc1ccc(O)cc1)[C@@H](C)O)C(=O)NCCOCCOCCOCCOCCOCCOCCOCCOCCC(=O)N[C@@H](CCCN=C(N)N)C(=O)NCCC(N)=O. The molecule has 1 aromatic rings. The van der Waals surface area contributed by atoms with Gasteiger partial charge in [0.15, 0.2) is 5.96 Å². The molecule has 28 heteroatoms. The third-order valence-electron chi connectivity index (χ3n) is 10.2. The summed E-state index contributed by atoms with van der Waals surface area (Å²) in [6.07, 6.45) is -0.482. The standard InChI is InChI=1S/C47H83N11O17/c1-32(55-43(64)33(2)56-46(67)41(34(3)59)58-44(65)37(48)31-35-6-8-36(60)9-7-35)42(63)53-14-16-69-18-20-71-22-24-73-26-28-75-30-29-74-27-25-72-23-21-70-19-17-68-15-11-40(62)57-38(5-4-12-54-47(50)51)45(66)52-13-10-39(49)61/h6-9,32-34,37-38,41,59-60H,4-5,10-31,48H2,1-3H3,(H2,49,61)(H,52,66)(H,53,63)(H,55,64)(H,56,67)(H,57,62)(H,58,65)(H4,50,51,54)/t32-,33-,34+,37-,38-,41-/m0/s1. The number of amides is 7. The van der Waals surface area contributed by atoms with Gasteiger partial charge < -0.3 is 103 Å². The van der Waals surface area contributed by atoms with E-state index in [2.05, 4.69) is 36.9 Å². The summed E-state index contributed by atoms with van der Waals surface area (Å²) in [6.45, 7) is 9.89. The van der Waals surface area contributed by atoms with Gasteiger partial charge in [0, 0.05) is 32.5 Å². The molecule has 1 aromatic carbocycles. The van der Waals surface area contributed by atoms with E-state index >= 15 is 0 Å². The summed E-state index contributed by atoms with van der Waals surface area (Å²) < 4.78 is 43.8. The maximum absolute atomic E-state index is 12.9. The Morgan fingerprint density at radius 1 is 0.547 bits per heavy atom. The van der Waals surface area contributed by atoms with Crippen LogP contribution in [-0.2, 0) is 77.9 Å². The van der Waals surface area contributed by atoms with Crippen molar-refractivity contribution in [1.82, 2.24) is 31.9 Å². The van der Waals surface area contributed by atoms with Crippen molar-refractivity contribution < 1.29 is 81.7 Å². The fraction of sp³-hybridized carbons (Fsp3) is 0.702.